The Hall–Kier alpha value is -1.65. The number of rotatable bonds is 8. The van der Waals surface area contributed by atoms with Crippen molar-refractivity contribution in [3.8, 4) is 0 Å². The van der Waals surface area contributed by atoms with E-state index in [0.717, 1.165) is 25.1 Å². The van der Waals surface area contributed by atoms with Crippen molar-refractivity contribution in [3.63, 3.8) is 0 Å². The fourth-order valence-electron chi connectivity index (χ4n) is 2.97. The fraction of sp³-hybridized carbons (Fsp3) is 0.474. The number of benzene rings is 1. The summed E-state index contributed by atoms with van der Waals surface area (Å²) in [5.41, 5.74) is 2.18. The molecule has 2 aromatic rings. The van der Waals surface area contributed by atoms with E-state index in [-0.39, 0.29) is 11.9 Å². The van der Waals surface area contributed by atoms with Crippen LogP contribution in [0, 0.1) is 5.82 Å². The summed E-state index contributed by atoms with van der Waals surface area (Å²) in [5, 5.41) is 9.98. The van der Waals surface area contributed by atoms with E-state index in [1.807, 2.05) is 25.3 Å². The Balaban J connectivity index is 1.69. The molecule has 1 atom stereocenters. The van der Waals surface area contributed by atoms with Crippen molar-refractivity contribution < 1.29 is 9.50 Å². The van der Waals surface area contributed by atoms with Crippen LogP contribution in [0.5, 0.6) is 0 Å². The Morgan fingerprint density at radius 3 is 2.83 bits per heavy atom. The lowest BCUT2D eigenvalue weighted by molar-refractivity contribution is 0.0997. The molecule has 23 heavy (non-hydrogen) atoms. The summed E-state index contributed by atoms with van der Waals surface area (Å²) >= 11 is 0. The third-order valence-electron chi connectivity index (χ3n) is 4.51. The predicted octanol–water partition coefficient (Wildman–Crippen LogP) is 3.41. The number of nitrogens with zero attached hydrogens (tertiary/aromatic N) is 2. The number of halogens is 1. The second-order valence-electron chi connectivity index (χ2n) is 6.48. The maximum absolute atomic E-state index is 13.4. The quantitative estimate of drug-likeness (QED) is 0.808. The second-order valence-corrected chi connectivity index (χ2v) is 6.48. The Morgan fingerprint density at radius 2 is 2.13 bits per heavy atom. The van der Waals surface area contributed by atoms with Gasteiger partial charge in [0.2, 0.25) is 0 Å². The van der Waals surface area contributed by atoms with E-state index in [9.17, 15) is 9.50 Å². The van der Waals surface area contributed by atoms with Crippen LogP contribution in [0.1, 0.15) is 37.4 Å². The smallest absolute Gasteiger partial charge is 0.123 e. The molecule has 1 N–H and O–H groups in total. The topological polar surface area (TPSA) is 28.4 Å². The normalized spacial score (nSPS) is 16.0. The molecule has 1 fully saturated rings. The Labute approximate surface area is 137 Å². The number of aromatic nitrogens is 1. The monoisotopic (exact) mass is 316 g/mol. The Bertz CT molecular complexity index is 636. The standard InChI is InChI=1S/C19H25FN2O/c1-2-19(23)14-22(17-8-9-17)13-18-7-4-10-21(18)12-15-5-3-6-16(20)11-15/h3-7,10-11,17,19,23H,2,8-9,12-14H2,1H3. The largest absolute Gasteiger partial charge is 0.392 e. The van der Waals surface area contributed by atoms with Gasteiger partial charge < -0.3 is 9.67 Å². The average Bonchev–Trinajstić information content (AvgIpc) is 3.29. The van der Waals surface area contributed by atoms with Gasteiger partial charge in [-0.2, -0.15) is 0 Å². The molecule has 0 amide bonds. The van der Waals surface area contributed by atoms with Gasteiger partial charge in [-0.1, -0.05) is 19.1 Å². The first-order valence-corrected chi connectivity index (χ1v) is 8.46. The molecular formula is C19H25FN2O. The van der Waals surface area contributed by atoms with Gasteiger partial charge >= 0.3 is 0 Å². The van der Waals surface area contributed by atoms with Gasteiger partial charge in [-0.15, -0.1) is 0 Å². The van der Waals surface area contributed by atoms with Crippen molar-refractivity contribution in [1.82, 2.24) is 9.47 Å². The highest BCUT2D eigenvalue weighted by atomic mass is 19.1. The molecule has 1 aromatic carbocycles. The van der Waals surface area contributed by atoms with E-state index in [1.54, 1.807) is 12.1 Å². The van der Waals surface area contributed by atoms with Crippen molar-refractivity contribution in [1.29, 1.82) is 0 Å². The van der Waals surface area contributed by atoms with Gasteiger partial charge in [0.1, 0.15) is 5.82 Å². The molecule has 1 aliphatic rings. The predicted molar refractivity (Wildman–Crippen MR) is 89.7 cm³/mol. The minimum absolute atomic E-state index is 0.193. The minimum Gasteiger partial charge on any atom is -0.392 e. The zero-order chi connectivity index (χ0) is 16.2. The van der Waals surface area contributed by atoms with E-state index >= 15 is 0 Å². The van der Waals surface area contributed by atoms with E-state index in [0.29, 0.717) is 12.6 Å². The van der Waals surface area contributed by atoms with Gasteiger partial charge in [0.25, 0.3) is 0 Å². The first kappa shape index (κ1) is 16.2. The maximum Gasteiger partial charge on any atom is 0.123 e. The van der Waals surface area contributed by atoms with Crippen molar-refractivity contribution in [2.75, 3.05) is 6.54 Å². The molecule has 0 radical (unpaired) electrons. The summed E-state index contributed by atoms with van der Waals surface area (Å²) in [6.45, 7) is 4.26. The lowest BCUT2D eigenvalue weighted by Gasteiger charge is -2.25. The second kappa shape index (κ2) is 7.28. The van der Waals surface area contributed by atoms with Crippen molar-refractivity contribution >= 4 is 0 Å². The van der Waals surface area contributed by atoms with Gasteiger partial charge in [0.05, 0.1) is 6.10 Å². The van der Waals surface area contributed by atoms with Gasteiger partial charge in [-0.25, -0.2) is 4.39 Å². The molecule has 3 nitrogen and oxygen atoms in total. The van der Waals surface area contributed by atoms with Crippen LogP contribution in [0.4, 0.5) is 4.39 Å². The van der Waals surface area contributed by atoms with Crippen molar-refractivity contribution in [2.24, 2.45) is 0 Å². The maximum atomic E-state index is 13.4. The molecule has 1 heterocycles. The lowest BCUT2D eigenvalue weighted by atomic mass is 10.2. The molecule has 3 rings (SSSR count). The molecule has 0 spiro atoms. The summed E-state index contributed by atoms with van der Waals surface area (Å²) in [7, 11) is 0. The summed E-state index contributed by atoms with van der Waals surface area (Å²) < 4.78 is 15.5. The van der Waals surface area contributed by atoms with Crippen LogP contribution >= 0.6 is 0 Å². The number of hydrogen-bond donors (Lipinski definition) is 1. The van der Waals surface area contributed by atoms with Crippen LogP contribution in [-0.4, -0.2) is 33.3 Å². The van der Waals surface area contributed by atoms with Crippen LogP contribution in [0.15, 0.2) is 42.6 Å². The summed E-state index contributed by atoms with van der Waals surface area (Å²) in [4.78, 5) is 2.38. The first-order valence-electron chi connectivity index (χ1n) is 8.46. The van der Waals surface area contributed by atoms with Crippen LogP contribution < -0.4 is 0 Å². The number of aliphatic hydroxyl groups excluding tert-OH is 1. The zero-order valence-corrected chi connectivity index (χ0v) is 13.7. The third-order valence-corrected chi connectivity index (χ3v) is 4.51. The van der Waals surface area contributed by atoms with Crippen molar-refractivity contribution in [3.05, 3.63) is 59.7 Å². The highest BCUT2D eigenvalue weighted by Gasteiger charge is 2.30. The molecule has 1 aliphatic carbocycles. The highest BCUT2D eigenvalue weighted by Crippen LogP contribution is 2.29. The van der Waals surface area contributed by atoms with E-state index in [2.05, 4.69) is 15.5 Å². The third kappa shape index (κ3) is 4.43. The molecule has 0 aliphatic heterocycles. The molecule has 1 aromatic heterocycles. The SMILES string of the molecule is CCC(O)CN(Cc1cccn1Cc1cccc(F)c1)C1CC1. The molecule has 1 unspecified atom stereocenters. The summed E-state index contributed by atoms with van der Waals surface area (Å²) in [6.07, 6.45) is 5.01. The Kier molecular flexibility index (Phi) is 5.13. The van der Waals surface area contributed by atoms with Crippen LogP contribution in [0.2, 0.25) is 0 Å². The highest BCUT2D eigenvalue weighted by molar-refractivity contribution is 5.19. The molecule has 0 bridgehead atoms. The van der Waals surface area contributed by atoms with Crippen LogP contribution in [0.25, 0.3) is 0 Å². The molecule has 4 heteroatoms. The average molecular weight is 316 g/mol. The van der Waals surface area contributed by atoms with Crippen LogP contribution in [-0.2, 0) is 13.1 Å². The van der Waals surface area contributed by atoms with E-state index < -0.39 is 0 Å². The van der Waals surface area contributed by atoms with Crippen LogP contribution in [0.3, 0.4) is 0 Å². The fourth-order valence-corrected chi connectivity index (χ4v) is 2.97. The molecule has 1 saturated carbocycles. The zero-order valence-electron chi connectivity index (χ0n) is 13.7. The molecule has 0 saturated heterocycles. The Morgan fingerprint density at radius 1 is 1.30 bits per heavy atom. The van der Waals surface area contributed by atoms with E-state index in [1.165, 1.54) is 24.6 Å². The van der Waals surface area contributed by atoms with Crippen molar-refractivity contribution in [2.45, 2.75) is 51.4 Å². The van der Waals surface area contributed by atoms with E-state index in [4.69, 9.17) is 0 Å². The van der Waals surface area contributed by atoms with Gasteiger partial charge in [0, 0.05) is 37.6 Å². The molecular weight excluding hydrogens is 291 g/mol. The molecule has 124 valence electrons. The van der Waals surface area contributed by atoms with Gasteiger partial charge in [-0.05, 0) is 49.1 Å². The number of aliphatic hydroxyl groups is 1. The summed E-state index contributed by atoms with van der Waals surface area (Å²) in [5.74, 6) is -0.193. The number of hydrogen-bond acceptors (Lipinski definition) is 2. The summed E-state index contributed by atoms with van der Waals surface area (Å²) in [6, 6.07) is 11.5. The van der Waals surface area contributed by atoms with Gasteiger partial charge in [0.15, 0.2) is 0 Å². The minimum atomic E-state index is -0.262. The van der Waals surface area contributed by atoms with Gasteiger partial charge in [-0.3, -0.25) is 4.90 Å². The first-order chi connectivity index (χ1) is 11.2. The lowest BCUT2D eigenvalue weighted by Crippen LogP contribution is -2.34.